The van der Waals surface area contributed by atoms with Crippen molar-refractivity contribution >= 4 is 22.9 Å². The Labute approximate surface area is 194 Å². The van der Waals surface area contributed by atoms with Gasteiger partial charge in [0.25, 0.3) is 0 Å². The largest absolute Gasteiger partial charge is 0.477 e. The molecule has 1 heterocycles. The molecule has 1 aromatic heterocycles. The number of aromatic nitrogens is 1. The van der Waals surface area contributed by atoms with Crippen LogP contribution in [-0.2, 0) is 19.5 Å². The van der Waals surface area contributed by atoms with Gasteiger partial charge in [-0.2, -0.15) is 0 Å². The summed E-state index contributed by atoms with van der Waals surface area (Å²) in [4.78, 5) is 12.5. The van der Waals surface area contributed by atoms with E-state index >= 15 is 0 Å². The van der Waals surface area contributed by atoms with Crippen molar-refractivity contribution in [2.45, 2.75) is 38.4 Å². The molecule has 0 fully saturated rings. The van der Waals surface area contributed by atoms with E-state index in [1.165, 1.54) is 11.1 Å². The monoisotopic (exact) mass is 436 g/mol. The van der Waals surface area contributed by atoms with Crippen LogP contribution in [0.2, 0.25) is 0 Å². The van der Waals surface area contributed by atoms with Gasteiger partial charge < -0.3 is 15.0 Å². The highest BCUT2D eigenvalue weighted by Crippen LogP contribution is 2.32. The van der Waals surface area contributed by atoms with Crippen LogP contribution in [0, 0.1) is 0 Å². The van der Waals surface area contributed by atoms with Gasteiger partial charge in [-0.1, -0.05) is 79.4 Å². The number of hydrogen-bond donors (Lipinski definition) is 2. The van der Waals surface area contributed by atoms with Gasteiger partial charge >= 0.3 is 5.97 Å². The van der Waals surface area contributed by atoms with Gasteiger partial charge in [0.2, 0.25) is 0 Å². The van der Waals surface area contributed by atoms with Gasteiger partial charge in [0, 0.05) is 35.6 Å². The summed E-state index contributed by atoms with van der Waals surface area (Å²) >= 11 is 0. The Hall–Kier alpha value is -3.63. The van der Waals surface area contributed by atoms with Gasteiger partial charge in [-0.25, -0.2) is 4.79 Å². The molecule has 0 radical (unpaired) electrons. The van der Waals surface area contributed by atoms with Crippen LogP contribution in [0.3, 0.4) is 0 Å². The molecule has 1 aliphatic rings. The number of carboxylic acid groups (broad SMARTS) is 1. The second-order valence-corrected chi connectivity index (χ2v) is 8.71. The zero-order valence-electron chi connectivity index (χ0n) is 18.6. The summed E-state index contributed by atoms with van der Waals surface area (Å²) in [5.74, 6) is -0.894. The van der Waals surface area contributed by atoms with E-state index in [9.17, 15) is 9.90 Å². The number of para-hydroxylation sites is 1. The summed E-state index contributed by atoms with van der Waals surface area (Å²) < 4.78 is 1.94. The highest BCUT2D eigenvalue weighted by molar-refractivity contribution is 5.98. The van der Waals surface area contributed by atoms with Crippen molar-refractivity contribution in [3.05, 3.63) is 113 Å². The minimum absolute atomic E-state index is 0.241. The van der Waals surface area contributed by atoms with Gasteiger partial charge in [0.05, 0.1) is 0 Å². The molecule has 0 aliphatic heterocycles. The number of hydrogen-bond acceptors (Lipinski definition) is 2. The molecule has 4 aromatic rings. The molecule has 0 amide bonds. The molecule has 1 aliphatic carbocycles. The fraction of sp³-hybridized carbons (Fsp3) is 0.207. The molecule has 1 atom stereocenters. The average molecular weight is 437 g/mol. The van der Waals surface area contributed by atoms with Gasteiger partial charge in [-0.15, -0.1) is 0 Å². The first-order valence-electron chi connectivity index (χ1n) is 11.5. The van der Waals surface area contributed by atoms with Gasteiger partial charge in [0.1, 0.15) is 5.69 Å². The van der Waals surface area contributed by atoms with Crippen molar-refractivity contribution in [3.63, 3.8) is 0 Å². The van der Waals surface area contributed by atoms with Crippen molar-refractivity contribution in [2.24, 2.45) is 0 Å². The van der Waals surface area contributed by atoms with Crippen LogP contribution in [-0.4, -0.2) is 15.6 Å². The number of rotatable bonds is 7. The minimum atomic E-state index is -0.894. The maximum absolute atomic E-state index is 12.5. The van der Waals surface area contributed by atoms with Gasteiger partial charge in [-0.3, -0.25) is 0 Å². The highest BCUT2D eigenvalue weighted by Gasteiger charge is 2.24. The zero-order chi connectivity index (χ0) is 22.8. The number of carboxylic acids is 1. The van der Waals surface area contributed by atoms with E-state index in [0.29, 0.717) is 18.8 Å². The van der Waals surface area contributed by atoms with Crippen LogP contribution in [0.1, 0.15) is 57.2 Å². The molecule has 166 valence electrons. The second-order valence-electron chi connectivity index (χ2n) is 8.71. The SMILES string of the molecule is C=Cc1ccc(Cn2c(C(=O)O)c(CN[C@@H]3CCCc4ccccc43)c3ccccc32)cc1. The van der Waals surface area contributed by atoms with Crippen LogP contribution in [0.15, 0.2) is 79.4 Å². The van der Waals surface area contributed by atoms with Crippen LogP contribution in [0.5, 0.6) is 0 Å². The molecule has 2 N–H and O–H groups in total. The topological polar surface area (TPSA) is 54.3 Å². The number of aromatic carboxylic acids is 1. The first-order valence-corrected chi connectivity index (χ1v) is 11.5. The third kappa shape index (κ3) is 4.10. The maximum atomic E-state index is 12.5. The molecule has 3 aromatic carbocycles. The van der Waals surface area contributed by atoms with Crippen molar-refractivity contribution in [1.82, 2.24) is 9.88 Å². The summed E-state index contributed by atoms with van der Waals surface area (Å²) in [6.07, 6.45) is 5.13. The molecule has 0 unspecified atom stereocenters. The molecule has 0 spiro atoms. The quantitative estimate of drug-likeness (QED) is 0.363. The Kier molecular flexibility index (Phi) is 5.84. The lowest BCUT2D eigenvalue weighted by Crippen LogP contribution is -2.25. The van der Waals surface area contributed by atoms with Gasteiger partial charge in [-0.05, 0) is 47.6 Å². The lowest BCUT2D eigenvalue weighted by atomic mass is 9.87. The molecular formula is C29H28N2O2. The molecule has 4 nitrogen and oxygen atoms in total. The predicted octanol–water partition coefficient (Wildman–Crippen LogP) is 6.20. The number of aryl methyl sites for hydroxylation is 1. The van der Waals surface area contributed by atoms with Crippen molar-refractivity contribution < 1.29 is 9.90 Å². The van der Waals surface area contributed by atoms with E-state index < -0.39 is 5.97 Å². The Morgan fingerprint density at radius 1 is 1.06 bits per heavy atom. The Morgan fingerprint density at radius 2 is 1.82 bits per heavy atom. The third-order valence-electron chi connectivity index (χ3n) is 6.73. The summed E-state index contributed by atoms with van der Waals surface area (Å²) in [5, 5.41) is 14.9. The molecular weight excluding hydrogens is 408 g/mol. The maximum Gasteiger partial charge on any atom is 0.352 e. The van der Waals surface area contributed by atoms with E-state index in [1.54, 1.807) is 0 Å². The van der Waals surface area contributed by atoms with E-state index in [0.717, 1.165) is 46.9 Å². The molecule has 5 rings (SSSR count). The van der Waals surface area contributed by atoms with Crippen LogP contribution in [0.25, 0.3) is 17.0 Å². The van der Waals surface area contributed by atoms with E-state index in [2.05, 4.69) is 36.2 Å². The number of fused-ring (bicyclic) bond motifs is 2. The molecule has 33 heavy (non-hydrogen) atoms. The van der Waals surface area contributed by atoms with E-state index in [-0.39, 0.29) is 6.04 Å². The van der Waals surface area contributed by atoms with Crippen LogP contribution >= 0.6 is 0 Å². The van der Waals surface area contributed by atoms with Crippen molar-refractivity contribution in [1.29, 1.82) is 0 Å². The smallest absolute Gasteiger partial charge is 0.352 e. The van der Waals surface area contributed by atoms with Crippen LogP contribution in [0.4, 0.5) is 0 Å². The second kappa shape index (κ2) is 9.08. The normalized spacial score (nSPS) is 15.3. The summed E-state index contributed by atoms with van der Waals surface area (Å²) in [7, 11) is 0. The van der Waals surface area contributed by atoms with Crippen molar-refractivity contribution in [2.75, 3.05) is 0 Å². The zero-order valence-corrected chi connectivity index (χ0v) is 18.6. The van der Waals surface area contributed by atoms with Gasteiger partial charge in [0.15, 0.2) is 0 Å². The highest BCUT2D eigenvalue weighted by atomic mass is 16.4. The van der Waals surface area contributed by atoms with Crippen LogP contribution < -0.4 is 5.32 Å². The molecule has 4 heteroatoms. The Morgan fingerprint density at radius 3 is 2.61 bits per heavy atom. The number of carbonyl (C=O) groups is 1. The summed E-state index contributed by atoms with van der Waals surface area (Å²) in [6.45, 7) is 4.83. The van der Waals surface area contributed by atoms with E-state index in [4.69, 9.17) is 0 Å². The first-order chi connectivity index (χ1) is 16.2. The Balaban J connectivity index is 1.52. The number of benzene rings is 3. The molecule has 0 bridgehead atoms. The third-order valence-corrected chi connectivity index (χ3v) is 6.73. The number of nitrogens with zero attached hydrogens (tertiary/aromatic N) is 1. The molecule has 0 saturated carbocycles. The van der Waals surface area contributed by atoms with Crippen molar-refractivity contribution in [3.8, 4) is 0 Å². The molecule has 0 saturated heterocycles. The average Bonchev–Trinajstić information content (AvgIpc) is 3.16. The lowest BCUT2D eigenvalue weighted by molar-refractivity contribution is 0.0684. The standard InChI is InChI=1S/C29H28N2O2/c1-2-20-14-16-21(17-15-20)19-31-27-13-6-5-11-24(27)25(28(31)29(32)33)18-30-26-12-7-9-22-8-3-4-10-23(22)26/h2-6,8,10-11,13-17,26,30H,1,7,9,12,18-19H2,(H,32,33)/t26-/m1/s1. The lowest BCUT2D eigenvalue weighted by Gasteiger charge is -2.26. The van der Waals surface area contributed by atoms with E-state index in [1.807, 2.05) is 59.2 Å². The first kappa shape index (κ1) is 21.2. The number of nitrogens with one attached hydrogen (secondary N) is 1. The minimum Gasteiger partial charge on any atom is -0.477 e. The fourth-order valence-electron chi connectivity index (χ4n) is 5.10. The summed E-state index contributed by atoms with van der Waals surface area (Å²) in [5.41, 5.74) is 7.00. The summed E-state index contributed by atoms with van der Waals surface area (Å²) in [6, 6.07) is 24.9. The fourth-order valence-corrected chi connectivity index (χ4v) is 5.10. The predicted molar refractivity (Wildman–Crippen MR) is 133 cm³/mol. The Bertz CT molecular complexity index is 1320.